The highest BCUT2D eigenvalue weighted by molar-refractivity contribution is 5.76. The Kier molecular flexibility index (Phi) is 50.2. The van der Waals surface area contributed by atoms with Gasteiger partial charge in [0.2, 0.25) is 5.91 Å². The molecule has 1 amide bonds. The van der Waals surface area contributed by atoms with Crippen molar-refractivity contribution >= 4 is 5.91 Å². The molecule has 2 saturated heterocycles. The highest BCUT2D eigenvalue weighted by Crippen LogP contribution is 2.30. The van der Waals surface area contributed by atoms with Gasteiger partial charge in [0, 0.05) is 6.42 Å². The summed E-state index contributed by atoms with van der Waals surface area (Å²) in [6.45, 7) is 2.65. The minimum atomic E-state index is -1.80. The first kappa shape index (κ1) is 78.2. The third-order valence-corrected chi connectivity index (χ3v) is 15.3. The quantitative estimate of drug-likeness (QED) is 0.0204. The molecule has 0 saturated carbocycles. The van der Waals surface area contributed by atoms with E-state index in [0.717, 1.165) is 116 Å². The number of unbranched alkanes of at least 4 members (excludes halogenated alkanes) is 19. The van der Waals surface area contributed by atoms with E-state index in [2.05, 4.69) is 141 Å². The highest BCUT2D eigenvalue weighted by atomic mass is 16.7. The van der Waals surface area contributed by atoms with Crippen LogP contribution in [0.4, 0.5) is 0 Å². The molecule has 14 nitrogen and oxygen atoms in total. The summed E-state index contributed by atoms with van der Waals surface area (Å²) in [5, 5.41) is 87.2. The number of nitrogens with one attached hydrogen (secondary N) is 1. The Balaban J connectivity index is 1.70. The predicted octanol–water partition coefficient (Wildman–Crippen LogP) is 13.1. The number of carbonyl (C=O) groups is 1. The second kappa shape index (κ2) is 55.2. The standard InChI is InChI=1S/C72H119NO13/c1-3-5-7-9-11-13-15-17-19-21-22-23-24-25-26-27-28-29-30-31-32-33-34-35-36-37-38-40-42-44-46-48-50-52-54-56-64(77)73-60(61(76)55-53-51-49-47-45-43-41-39-20-18-16-14-12-10-8-6-4-2)59-83-71-69(82)67(80)70(63(58-75)85-71)86-72-68(81)66(79)65(78)62(57-74)84-72/h5,7,11,13,17,19,22-23,25-26,28-29,31-32,34-35,37-38,45,47,53,55,60-63,65-72,74-76,78-82H,3-4,6,8-10,12,14-16,18,20-21,24,27,30,33,36,39-44,46,48-52,54,56-59H2,1-2H3,(H,73,77)/b7-5-,13-11-,19-17-,23-22-,26-25-,29-28-,32-31-,35-34-,38-37-,47-45+,55-53+. The minimum Gasteiger partial charge on any atom is -0.394 e. The van der Waals surface area contributed by atoms with Crippen LogP contribution in [-0.2, 0) is 23.7 Å². The lowest BCUT2D eigenvalue weighted by Crippen LogP contribution is -2.65. The zero-order valence-corrected chi connectivity index (χ0v) is 53.0. The van der Waals surface area contributed by atoms with Gasteiger partial charge in [-0.1, -0.05) is 244 Å². The Morgan fingerprint density at radius 2 is 0.814 bits per heavy atom. The van der Waals surface area contributed by atoms with E-state index >= 15 is 0 Å². The summed E-state index contributed by atoms with van der Waals surface area (Å²) < 4.78 is 22.8. The summed E-state index contributed by atoms with van der Waals surface area (Å²) in [4.78, 5) is 13.3. The predicted molar refractivity (Wildman–Crippen MR) is 350 cm³/mol. The zero-order valence-electron chi connectivity index (χ0n) is 53.0. The number of carbonyl (C=O) groups excluding carboxylic acids is 1. The molecule has 0 aromatic rings. The number of amides is 1. The van der Waals surface area contributed by atoms with Gasteiger partial charge in [0.1, 0.15) is 48.8 Å². The van der Waals surface area contributed by atoms with Crippen molar-refractivity contribution in [3.8, 4) is 0 Å². The lowest BCUT2D eigenvalue weighted by atomic mass is 9.97. The summed E-state index contributed by atoms with van der Waals surface area (Å²) in [7, 11) is 0. The average Bonchev–Trinajstić information content (AvgIpc) is 2.46. The van der Waals surface area contributed by atoms with E-state index in [9.17, 15) is 45.6 Å². The Labute approximate surface area is 520 Å². The molecule has 0 spiro atoms. The Bertz CT molecular complexity index is 1950. The largest absolute Gasteiger partial charge is 0.394 e. The summed E-state index contributed by atoms with van der Waals surface area (Å²) >= 11 is 0. The van der Waals surface area contributed by atoms with Gasteiger partial charge in [0.05, 0.1) is 32.0 Å². The van der Waals surface area contributed by atoms with Crippen molar-refractivity contribution in [2.45, 2.75) is 293 Å². The van der Waals surface area contributed by atoms with Crippen molar-refractivity contribution in [1.29, 1.82) is 0 Å². The SMILES string of the molecule is CC/C=C\C/C=C\C/C=C\C/C=C\C/C=C\C/C=C\C/C=C\C/C=C\C/C=C\CCCCCCCCCC(=O)NC(COC1OC(CO)C(OC2OC(CO)C(O)C(O)C2O)C(O)C1O)C(O)/C=C/CC/C=C/CCCCCCCCCCCCC. The molecule has 0 bridgehead atoms. The molecule has 0 radical (unpaired) electrons. The van der Waals surface area contributed by atoms with Gasteiger partial charge in [-0.05, 0) is 103 Å². The Morgan fingerprint density at radius 1 is 0.430 bits per heavy atom. The lowest BCUT2D eigenvalue weighted by Gasteiger charge is -2.46. The molecule has 0 aromatic heterocycles. The van der Waals surface area contributed by atoms with Crippen LogP contribution in [0.3, 0.4) is 0 Å². The molecule has 2 heterocycles. The zero-order chi connectivity index (χ0) is 62.3. The van der Waals surface area contributed by atoms with E-state index in [1.54, 1.807) is 6.08 Å². The molecule has 14 heteroatoms. The summed E-state index contributed by atoms with van der Waals surface area (Å²) in [5.41, 5.74) is 0. The third kappa shape index (κ3) is 39.2. The molecule has 2 aliphatic heterocycles. The van der Waals surface area contributed by atoms with Crippen molar-refractivity contribution < 1.29 is 64.6 Å². The van der Waals surface area contributed by atoms with Crippen LogP contribution in [0.1, 0.15) is 219 Å². The second-order valence-electron chi connectivity index (χ2n) is 22.9. The van der Waals surface area contributed by atoms with Crippen LogP contribution in [0.2, 0.25) is 0 Å². The van der Waals surface area contributed by atoms with Gasteiger partial charge in [0.15, 0.2) is 12.6 Å². The van der Waals surface area contributed by atoms with Gasteiger partial charge >= 0.3 is 0 Å². The first-order valence-corrected chi connectivity index (χ1v) is 33.4. The second-order valence-corrected chi connectivity index (χ2v) is 22.9. The van der Waals surface area contributed by atoms with Crippen LogP contribution in [0.25, 0.3) is 0 Å². The molecule has 2 aliphatic rings. The van der Waals surface area contributed by atoms with Gasteiger partial charge in [-0.2, -0.15) is 0 Å². The lowest BCUT2D eigenvalue weighted by molar-refractivity contribution is -0.359. The van der Waals surface area contributed by atoms with Gasteiger partial charge < -0.3 is 65.1 Å². The smallest absolute Gasteiger partial charge is 0.220 e. The van der Waals surface area contributed by atoms with Crippen LogP contribution >= 0.6 is 0 Å². The molecular weight excluding hydrogens is 1090 g/mol. The number of hydrogen-bond acceptors (Lipinski definition) is 13. The number of ether oxygens (including phenoxy) is 4. The molecule has 12 unspecified atom stereocenters. The number of aliphatic hydroxyl groups excluding tert-OH is 8. The molecule has 490 valence electrons. The summed E-state index contributed by atoms with van der Waals surface area (Å²) in [6, 6.07) is -0.948. The molecular formula is C72H119NO13. The monoisotopic (exact) mass is 1210 g/mol. The van der Waals surface area contributed by atoms with E-state index in [-0.39, 0.29) is 18.9 Å². The normalized spacial score (nSPS) is 24.3. The van der Waals surface area contributed by atoms with Crippen LogP contribution in [0, 0.1) is 0 Å². The van der Waals surface area contributed by atoms with Gasteiger partial charge in [-0.3, -0.25) is 4.79 Å². The van der Waals surface area contributed by atoms with Gasteiger partial charge in [-0.15, -0.1) is 0 Å². The molecule has 2 rings (SSSR count). The van der Waals surface area contributed by atoms with Crippen molar-refractivity contribution in [2.75, 3.05) is 19.8 Å². The topological polar surface area (TPSA) is 228 Å². The van der Waals surface area contributed by atoms with Crippen LogP contribution in [0.5, 0.6) is 0 Å². The first-order chi connectivity index (χ1) is 42.1. The molecule has 86 heavy (non-hydrogen) atoms. The third-order valence-electron chi connectivity index (χ3n) is 15.3. The molecule has 12 atom stereocenters. The maximum Gasteiger partial charge on any atom is 0.220 e. The maximum absolute atomic E-state index is 13.3. The van der Waals surface area contributed by atoms with Crippen LogP contribution < -0.4 is 5.32 Å². The minimum absolute atomic E-state index is 0.252. The number of allylic oxidation sites excluding steroid dienone is 21. The fourth-order valence-electron chi connectivity index (χ4n) is 10.0. The highest BCUT2D eigenvalue weighted by Gasteiger charge is 2.51. The van der Waals surface area contributed by atoms with E-state index in [1.807, 2.05) is 6.08 Å². The molecule has 9 N–H and O–H groups in total. The summed E-state index contributed by atoms with van der Waals surface area (Å²) in [6.07, 6.45) is 64.9. The van der Waals surface area contributed by atoms with Crippen molar-refractivity contribution in [3.63, 3.8) is 0 Å². The first-order valence-electron chi connectivity index (χ1n) is 33.4. The van der Waals surface area contributed by atoms with E-state index in [4.69, 9.17) is 18.9 Å². The van der Waals surface area contributed by atoms with Gasteiger partial charge in [-0.25, -0.2) is 0 Å². The number of rotatable bonds is 52. The molecule has 0 aromatic carbocycles. The van der Waals surface area contributed by atoms with Crippen LogP contribution in [-0.4, -0.2) is 140 Å². The number of hydrogen-bond donors (Lipinski definition) is 9. The molecule has 0 aliphatic carbocycles. The fraction of sp³-hybridized carbons (Fsp3) is 0.681. The Morgan fingerprint density at radius 3 is 1.28 bits per heavy atom. The van der Waals surface area contributed by atoms with Gasteiger partial charge in [0.25, 0.3) is 0 Å². The summed E-state index contributed by atoms with van der Waals surface area (Å²) in [5.74, 6) is -0.266. The Hall–Kier alpha value is -3.87. The maximum atomic E-state index is 13.3. The van der Waals surface area contributed by atoms with E-state index in [0.29, 0.717) is 12.8 Å². The van der Waals surface area contributed by atoms with E-state index in [1.165, 1.54) is 70.6 Å². The molecule has 2 fully saturated rings. The van der Waals surface area contributed by atoms with Crippen molar-refractivity contribution in [1.82, 2.24) is 5.32 Å². The van der Waals surface area contributed by atoms with E-state index < -0.39 is 86.8 Å². The van der Waals surface area contributed by atoms with Crippen LogP contribution in [0.15, 0.2) is 134 Å². The fourth-order valence-corrected chi connectivity index (χ4v) is 10.0. The average molecular weight is 1210 g/mol. The van der Waals surface area contributed by atoms with Crippen molar-refractivity contribution in [2.24, 2.45) is 0 Å². The number of aliphatic hydroxyl groups is 8. The van der Waals surface area contributed by atoms with Crippen molar-refractivity contribution in [3.05, 3.63) is 134 Å².